The molecule has 0 aliphatic rings. The van der Waals surface area contributed by atoms with Crippen molar-refractivity contribution in [2.75, 3.05) is 6.61 Å². The van der Waals surface area contributed by atoms with Crippen LogP contribution < -0.4 is 0 Å². The highest BCUT2D eigenvalue weighted by Crippen LogP contribution is 2.21. The highest BCUT2D eigenvalue weighted by Gasteiger charge is 2.23. The molecular weight excluding hydrogens is 318 g/mol. The van der Waals surface area contributed by atoms with Crippen molar-refractivity contribution in [2.24, 2.45) is 5.92 Å². The lowest BCUT2D eigenvalue weighted by Crippen LogP contribution is -2.25. The van der Waals surface area contributed by atoms with Gasteiger partial charge in [-0.25, -0.2) is 4.79 Å². The third-order valence-corrected chi connectivity index (χ3v) is 3.90. The Balaban J connectivity index is 2.18. The second-order valence-corrected chi connectivity index (χ2v) is 5.74. The minimum atomic E-state index is -1.18. The van der Waals surface area contributed by atoms with Gasteiger partial charge in [-0.3, -0.25) is 4.79 Å². The van der Waals surface area contributed by atoms with Gasteiger partial charge in [-0.1, -0.05) is 18.2 Å². The maximum Gasteiger partial charge on any atom is 0.340 e. The Morgan fingerprint density at radius 1 is 1.28 bits per heavy atom. The molecule has 0 spiro atoms. The van der Waals surface area contributed by atoms with Gasteiger partial charge in [-0.15, -0.1) is 0 Å². The molecule has 0 fully saturated rings. The Morgan fingerprint density at radius 2 is 1.92 bits per heavy atom. The van der Waals surface area contributed by atoms with Crippen LogP contribution >= 0.6 is 0 Å². The number of carbonyl (C=O) groups is 2. The van der Waals surface area contributed by atoms with Crippen molar-refractivity contribution < 1.29 is 14.3 Å². The fraction of sp³-hybridized carbons (Fsp3) is 0.263. The molecule has 1 heterocycles. The summed E-state index contributed by atoms with van der Waals surface area (Å²) in [5.41, 5.74) is 2.81. The van der Waals surface area contributed by atoms with Crippen molar-refractivity contribution >= 4 is 17.5 Å². The number of para-hydroxylation sites is 1. The monoisotopic (exact) mass is 337 g/mol. The van der Waals surface area contributed by atoms with Gasteiger partial charge in [-0.05, 0) is 39.0 Å². The van der Waals surface area contributed by atoms with Crippen LogP contribution in [0.15, 0.2) is 36.4 Å². The number of hydrogen-bond acceptors (Lipinski definition) is 5. The number of rotatable bonds is 6. The molecule has 1 N–H and O–H groups in total. The SMILES string of the molecule is CC(=N)[C@@H](C#N)C(=O)COC(=O)c1cc(C)n(-c2ccccc2)c1C. The average Bonchev–Trinajstić information content (AvgIpc) is 2.88. The summed E-state index contributed by atoms with van der Waals surface area (Å²) in [6.07, 6.45) is 0. The molecule has 2 rings (SSSR count). The van der Waals surface area contributed by atoms with Crippen molar-refractivity contribution in [1.29, 1.82) is 10.7 Å². The predicted octanol–water partition coefficient (Wildman–Crippen LogP) is 3.00. The summed E-state index contributed by atoms with van der Waals surface area (Å²) in [5.74, 6) is -2.40. The lowest BCUT2D eigenvalue weighted by molar-refractivity contribution is -0.122. The van der Waals surface area contributed by atoms with Gasteiger partial charge in [0.1, 0.15) is 5.92 Å². The maximum absolute atomic E-state index is 12.3. The largest absolute Gasteiger partial charge is 0.454 e. The summed E-state index contributed by atoms with van der Waals surface area (Å²) in [7, 11) is 0. The minimum absolute atomic E-state index is 0.0641. The molecule has 0 saturated heterocycles. The predicted molar refractivity (Wildman–Crippen MR) is 93.0 cm³/mol. The molecule has 0 aliphatic heterocycles. The molecule has 6 nitrogen and oxygen atoms in total. The van der Waals surface area contributed by atoms with E-state index in [1.807, 2.05) is 41.8 Å². The highest BCUT2D eigenvalue weighted by atomic mass is 16.5. The molecule has 0 amide bonds. The Hall–Kier alpha value is -3.20. The van der Waals surface area contributed by atoms with Gasteiger partial charge in [0.05, 0.1) is 11.6 Å². The quantitative estimate of drug-likeness (QED) is 0.647. The summed E-state index contributed by atoms with van der Waals surface area (Å²) in [4.78, 5) is 24.2. The molecule has 0 unspecified atom stereocenters. The fourth-order valence-corrected chi connectivity index (χ4v) is 2.65. The molecule has 25 heavy (non-hydrogen) atoms. The Labute approximate surface area is 146 Å². The molecule has 2 aromatic rings. The number of ether oxygens (including phenoxy) is 1. The summed E-state index contributed by atoms with van der Waals surface area (Å²) < 4.78 is 6.99. The number of carbonyl (C=O) groups excluding carboxylic acids is 2. The number of nitrogens with zero attached hydrogens (tertiary/aromatic N) is 2. The number of nitrogens with one attached hydrogen (secondary N) is 1. The molecule has 1 aromatic carbocycles. The summed E-state index contributed by atoms with van der Waals surface area (Å²) in [6, 6.07) is 13.0. The van der Waals surface area contributed by atoms with Crippen LogP contribution in [0.4, 0.5) is 0 Å². The second kappa shape index (κ2) is 7.58. The van der Waals surface area contributed by atoms with Crippen LogP contribution in [-0.4, -0.2) is 28.6 Å². The topological polar surface area (TPSA) is 95.9 Å². The number of benzene rings is 1. The van der Waals surface area contributed by atoms with E-state index >= 15 is 0 Å². The number of aryl methyl sites for hydroxylation is 1. The van der Waals surface area contributed by atoms with E-state index in [-0.39, 0.29) is 5.71 Å². The summed E-state index contributed by atoms with van der Waals surface area (Å²) in [6.45, 7) is 4.54. The van der Waals surface area contributed by atoms with Gasteiger partial charge in [0.15, 0.2) is 12.4 Å². The van der Waals surface area contributed by atoms with Gasteiger partial charge >= 0.3 is 5.97 Å². The Kier molecular flexibility index (Phi) is 5.50. The van der Waals surface area contributed by atoms with Gasteiger partial charge < -0.3 is 14.7 Å². The maximum atomic E-state index is 12.3. The van der Waals surface area contributed by atoms with E-state index in [0.29, 0.717) is 11.3 Å². The van der Waals surface area contributed by atoms with Crippen molar-refractivity contribution in [3.05, 3.63) is 53.3 Å². The zero-order valence-electron chi connectivity index (χ0n) is 14.4. The van der Waals surface area contributed by atoms with Crippen molar-refractivity contribution in [3.63, 3.8) is 0 Å². The van der Waals surface area contributed by atoms with Gasteiger partial charge in [0.25, 0.3) is 0 Å². The smallest absolute Gasteiger partial charge is 0.340 e. The molecule has 0 aliphatic carbocycles. The van der Waals surface area contributed by atoms with Crippen molar-refractivity contribution in [2.45, 2.75) is 20.8 Å². The number of esters is 1. The second-order valence-electron chi connectivity index (χ2n) is 5.74. The third kappa shape index (κ3) is 3.83. The van der Waals surface area contributed by atoms with Crippen molar-refractivity contribution in [1.82, 2.24) is 4.57 Å². The van der Waals surface area contributed by atoms with Gasteiger partial charge in [-0.2, -0.15) is 5.26 Å². The molecule has 1 atom stereocenters. The van der Waals surface area contributed by atoms with Gasteiger partial charge in [0, 0.05) is 22.8 Å². The molecule has 1 aromatic heterocycles. The highest BCUT2D eigenvalue weighted by molar-refractivity contribution is 6.06. The van der Waals surface area contributed by atoms with Crippen LogP contribution in [0, 0.1) is 36.5 Å². The average molecular weight is 337 g/mol. The number of Topliss-reactive ketones (excluding diaryl/α,β-unsaturated/α-hetero) is 1. The number of aromatic nitrogens is 1. The number of nitriles is 1. The first-order chi connectivity index (χ1) is 11.9. The molecule has 0 radical (unpaired) electrons. The molecule has 0 saturated carbocycles. The minimum Gasteiger partial charge on any atom is -0.454 e. The van der Waals surface area contributed by atoms with E-state index < -0.39 is 24.3 Å². The van der Waals surface area contributed by atoms with E-state index in [0.717, 1.165) is 11.4 Å². The van der Waals surface area contributed by atoms with Crippen LogP contribution in [0.25, 0.3) is 5.69 Å². The van der Waals surface area contributed by atoms with E-state index in [1.54, 1.807) is 19.1 Å². The van der Waals surface area contributed by atoms with Crippen molar-refractivity contribution in [3.8, 4) is 11.8 Å². The fourth-order valence-electron chi connectivity index (χ4n) is 2.65. The zero-order valence-corrected chi connectivity index (χ0v) is 14.4. The first-order valence-corrected chi connectivity index (χ1v) is 7.75. The van der Waals surface area contributed by atoms with Crippen LogP contribution in [0.1, 0.15) is 28.7 Å². The van der Waals surface area contributed by atoms with Crippen LogP contribution in [0.2, 0.25) is 0 Å². The summed E-state index contributed by atoms with van der Waals surface area (Å²) in [5, 5.41) is 16.3. The molecular formula is C19H19N3O3. The number of ketones is 1. The van der Waals surface area contributed by atoms with E-state index in [9.17, 15) is 9.59 Å². The van der Waals surface area contributed by atoms with Crippen LogP contribution in [0.3, 0.4) is 0 Å². The standard InChI is InChI=1S/C19H19N3O3/c1-12-9-16(14(3)22(12)15-7-5-4-6-8-15)19(24)25-11-18(23)17(10-20)13(2)21/h4-9,17,21H,11H2,1-3H3/t17-/m1/s1. The molecule has 128 valence electrons. The van der Waals surface area contributed by atoms with E-state index in [1.165, 1.54) is 6.92 Å². The zero-order chi connectivity index (χ0) is 18.6. The molecule has 0 bridgehead atoms. The lowest BCUT2D eigenvalue weighted by atomic mass is 10.0. The molecule has 6 heteroatoms. The normalized spacial score (nSPS) is 11.4. The van der Waals surface area contributed by atoms with Crippen LogP contribution in [-0.2, 0) is 9.53 Å². The van der Waals surface area contributed by atoms with E-state index in [2.05, 4.69) is 0 Å². The van der Waals surface area contributed by atoms with Crippen LogP contribution in [0.5, 0.6) is 0 Å². The van der Waals surface area contributed by atoms with E-state index in [4.69, 9.17) is 15.4 Å². The lowest BCUT2D eigenvalue weighted by Gasteiger charge is -2.10. The van der Waals surface area contributed by atoms with Gasteiger partial charge in [0.2, 0.25) is 0 Å². The Morgan fingerprint density at radius 3 is 2.48 bits per heavy atom. The summed E-state index contributed by atoms with van der Waals surface area (Å²) >= 11 is 0. The number of hydrogen-bond donors (Lipinski definition) is 1. The Bertz CT molecular complexity index is 860. The first-order valence-electron chi connectivity index (χ1n) is 7.75. The third-order valence-electron chi connectivity index (χ3n) is 3.90. The first kappa shape index (κ1) is 18.1.